The fourth-order valence-corrected chi connectivity index (χ4v) is 0. The second-order valence-corrected chi connectivity index (χ2v) is 1.72. The maximum Gasteiger partial charge on any atom is 2.00 e. The van der Waals surface area contributed by atoms with Crippen LogP contribution in [-0.4, -0.2) is 72.3 Å². The largest absolute Gasteiger partial charge is 2.00 e. The fourth-order valence-electron chi connectivity index (χ4n) is 0. The van der Waals surface area contributed by atoms with Gasteiger partial charge in [-0.1, -0.05) is 0 Å². The van der Waals surface area contributed by atoms with Crippen LogP contribution < -0.4 is 4.80 Å². The quantitative estimate of drug-likeness (QED) is 0.379. The van der Waals surface area contributed by atoms with Crippen molar-refractivity contribution in [2.24, 2.45) is 0 Å². The normalized spacial score (nSPS) is 10.0. The van der Waals surface area contributed by atoms with Crippen molar-refractivity contribution in [1.82, 2.24) is 0 Å². The van der Waals surface area contributed by atoms with Crippen LogP contribution >= 0.6 is 0 Å². The Hall–Kier alpha value is 1.63. The van der Waals surface area contributed by atoms with E-state index in [2.05, 4.69) is 0 Å². The molecule has 0 aromatic heterocycles. The molecule has 0 bridgehead atoms. The Bertz CT molecular complexity index is 27.2. The third-order valence-corrected chi connectivity index (χ3v) is 0. The summed E-state index contributed by atoms with van der Waals surface area (Å²) in [5.41, 5.74) is 0. The van der Waals surface area contributed by atoms with Crippen LogP contribution in [0.2, 0.25) is 0 Å². The first-order chi connectivity index (χ1) is 2.00. The Morgan fingerprint density at radius 2 is 1.33 bits per heavy atom. The molecule has 0 radical (unpaired) electrons. The van der Waals surface area contributed by atoms with Gasteiger partial charge in [0.1, 0.15) is 0 Å². The van der Waals surface area contributed by atoms with Gasteiger partial charge in [-0.25, -0.2) is 0 Å². The van der Waals surface area contributed by atoms with Crippen LogP contribution in [-0.2, 0) is 0 Å². The Labute approximate surface area is 77.5 Å². The minimum atomic E-state index is -4.86. The zero-order valence-corrected chi connectivity index (χ0v) is 8.40. The number of hydrogen-bond donors (Lipinski definition) is 3. The Morgan fingerprint density at radius 1 is 1.33 bits per heavy atom. The van der Waals surface area contributed by atoms with E-state index in [0.717, 1.165) is 0 Å². The van der Waals surface area contributed by atoms with E-state index in [-0.39, 0.29) is 50.3 Å². The molecule has 0 aromatic carbocycles. The summed E-state index contributed by atoms with van der Waals surface area (Å²) < 4.78 is 0. The summed E-state index contributed by atoms with van der Waals surface area (Å²) >= 11 is 0. The summed E-state index contributed by atoms with van der Waals surface area (Å²) in [5.74, 6) is 0. The summed E-state index contributed by atoms with van der Waals surface area (Å²) in [5, 5.41) is 0. The Morgan fingerprint density at radius 3 is 1.33 bits per heavy atom. The van der Waals surface area contributed by atoms with Crippen molar-refractivity contribution < 1.29 is 20.6 Å². The van der Waals surface area contributed by atoms with Gasteiger partial charge in [-0.2, -0.15) is 0 Å². The van der Waals surface area contributed by atoms with Crippen LogP contribution in [0.4, 0.5) is 0 Å². The summed E-state index contributed by atoms with van der Waals surface area (Å²) in [7, 11) is -4.86. The van der Waals surface area contributed by atoms with Crippen LogP contribution in [0, 0.1) is 0 Å². The minimum Gasteiger partial charge on any atom is -1.00 e. The zero-order valence-electron chi connectivity index (χ0n) is 3.96. The van der Waals surface area contributed by atoms with Crippen molar-refractivity contribution in [2.75, 3.05) is 0 Å². The topological polar surface area (TPSA) is 83.8 Å². The molecule has 0 aliphatic carbocycles. The fraction of sp³-hybridized carbons (Fsp3) is 0. The molecule has 0 atom stereocenters. The van der Waals surface area contributed by atoms with E-state index < -0.39 is 9.05 Å². The summed E-state index contributed by atoms with van der Waals surface area (Å²) in [6, 6.07) is 0. The number of hydrogen-bond acceptors (Lipinski definition) is 4. The maximum atomic E-state index is 8.91. The Balaban J connectivity index is -0.0000000800. The van der Waals surface area contributed by atoms with Crippen molar-refractivity contribution >= 4 is 57.9 Å². The number of rotatable bonds is 0. The van der Waals surface area contributed by atoms with Gasteiger partial charge in [0, 0.05) is 0 Å². The van der Waals surface area contributed by atoms with Gasteiger partial charge in [0.15, 0.2) is 0 Å². The van der Waals surface area contributed by atoms with Gasteiger partial charge >= 0.3 is 57.9 Å². The molecule has 3 N–H and O–H groups in total. The first-order valence-electron chi connectivity index (χ1n) is 0.875. The van der Waals surface area contributed by atoms with E-state index in [1.807, 2.05) is 0 Å². The molecule has 6 heavy (non-hydrogen) atoms. The molecule has 0 amide bonds. The van der Waals surface area contributed by atoms with Crippen molar-refractivity contribution in [2.45, 2.75) is 0 Å². The molecule has 0 aromatic rings. The van der Waals surface area contributed by atoms with Crippen LogP contribution in [0.1, 0.15) is 1.43 Å². The molecule has 0 rings (SSSR count). The zero-order chi connectivity index (χ0) is 4.50. The predicted molar refractivity (Wildman–Crippen MR) is 19.3 cm³/mol. The van der Waals surface area contributed by atoms with Crippen molar-refractivity contribution in [3.63, 3.8) is 0 Å². The average molecular weight is 233 g/mol. The van der Waals surface area contributed by atoms with E-state index in [0.29, 0.717) is 0 Å². The second-order valence-electron chi connectivity index (χ2n) is 0.574. The molecule has 0 saturated heterocycles. The van der Waals surface area contributed by atoms with E-state index in [1.54, 1.807) is 0 Å². The molecule has 0 heterocycles. The third-order valence-electron chi connectivity index (χ3n) is 0. The van der Waals surface area contributed by atoms with Gasteiger partial charge in [0.05, 0.1) is 0 Å². The van der Waals surface area contributed by atoms with E-state index in [4.69, 9.17) is 19.2 Å². The SMILES string of the molecule is [Ba+2].[H-].[O-][Si](O)(O)O. The molecule has 0 aliphatic heterocycles. The standard InChI is InChI=1S/Ba.H3O4Si.H/c;1-5(2,3)4;/h;1-3H;/q+2;2*-1. The van der Waals surface area contributed by atoms with Crippen LogP contribution in [0.15, 0.2) is 0 Å². The van der Waals surface area contributed by atoms with E-state index in [1.165, 1.54) is 0 Å². The maximum absolute atomic E-state index is 8.91. The molecule has 0 saturated carbocycles. The van der Waals surface area contributed by atoms with Crippen molar-refractivity contribution in [3.8, 4) is 0 Å². The first-order valence-corrected chi connectivity index (χ1v) is 2.62. The molecule has 0 aliphatic rings. The van der Waals surface area contributed by atoms with Crippen molar-refractivity contribution in [3.05, 3.63) is 0 Å². The Kier molecular flexibility index (Phi) is 6.36. The smallest absolute Gasteiger partial charge is 1.00 e. The van der Waals surface area contributed by atoms with Crippen molar-refractivity contribution in [1.29, 1.82) is 0 Å². The van der Waals surface area contributed by atoms with Gasteiger partial charge in [-0.3, -0.25) is 0 Å². The monoisotopic (exact) mass is 234 g/mol. The second kappa shape index (κ2) is 3.61. The van der Waals surface area contributed by atoms with Gasteiger partial charge in [0.25, 0.3) is 0 Å². The summed E-state index contributed by atoms with van der Waals surface area (Å²) in [6.07, 6.45) is 0. The molecular weight excluding hydrogens is 229 g/mol. The minimum absolute atomic E-state index is 0. The molecule has 0 unspecified atom stereocenters. The molecule has 0 fully saturated rings. The average Bonchev–Trinajstić information content (AvgIpc) is 0.722. The predicted octanol–water partition coefficient (Wildman–Crippen LogP) is -3.51. The van der Waals surface area contributed by atoms with Crippen LogP contribution in [0.3, 0.4) is 0 Å². The summed E-state index contributed by atoms with van der Waals surface area (Å²) in [6.45, 7) is 0. The van der Waals surface area contributed by atoms with E-state index in [9.17, 15) is 0 Å². The molecule has 6 heteroatoms. The summed E-state index contributed by atoms with van der Waals surface area (Å²) in [4.78, 5) is 30.6. The van der Waals surface area contributed by atoms with Crippen LogP contribution in [0.5, 0.6) is 0 Å². The van der Waals surface area contributed by atoms with Gasteiger partial charge in [-0.15, -0.1) is 0 Å². The third kappa shape index (κ3) is 45.5. The first kappa shape index (κ1) is 10.6. The molecule has 4 nitrogen and oxygen atoms in total. The molecule has 0 spiro atoms. The molecular formula is H4BaO4Si. The van der Waals surface area contributed by atoms with Crippen LogP contribution in [0.25, 0.3) is 0 Å². The van der Waals surface area contributed by atoms with Gasteiger partial charge in [-0.05, 0) is 0 Å². The van der Waals surface area contributed by atoms with E-state index >= 15 is 0 Å². The molecule has 34 valence electrons. The van der Waals surface area contributed by atoms with Gasteiger partial charge in [0.2, 0.25) is 0 Å². The van der Waals surface area contributed by atoms with Gasteiger partial charge < -0.3 is 20.6 Å².